The minimum absolute atomic E-state index is 0.183. The molecule has 0 aromatic rings. The van der Waals surface area contributed by atoms with Crippen LogP contribution < -0.4 is 5.32 Å². The van der Waals surface area contributed by atoms with E-state index in [1.807, 2.05) is 0 Å². The Morgan fingerprint density at radius 3 is 2.75 bits per heavy atom. The highest BCUT2D eigenvalue weighted by molar-refractivity contribution is 5.69. The van der Waals surface area contributed by atoms with E-state index in [0.717, 1.165) is 19.6 Å². The molecule has 0 radical (unpaired) electrons. The van der Waals surface area contributed by atoms with Gasteiger partial charge in [-0.1, -0.05) is 20.3 Å². The van der Waals surface area contributed by atoms with Crippen molar-refractivity contribution in [2.75, 3.05) is 26.2 Å². The summed E-state index contributed by atoms with van der Waals surface area (Å²) in [4.78, 5) is 12.8. The highest BCUT2D eigenvalue weighted by Gasteiger charge is 2.26. The van der Waals surface area contributed by atoms with E-state index in [1.54, 1.807) is 0 Å². The van der Waals surface area contributed by atoms with E-state index in [9.17, 15) is 4.79 Å². The van der Waals surface area contributed by atoms with E-state index in [2.05, 4.69) is 24.1 Å². The molecule has 0 spiro atoms. The molecule has 2 N–H and O–H groups in total. The lowest BCUT2D eigenvalue weighted by Gasteiger charge is -2.37. The van der Waals surface area contributed by atoms with Crippen LogP contribution in [0.2, 0.25) is 0 Å². The molecular weight excluding hydrogens is 204 g/mol. The predicted molar refractivity (Wildman–Crippen MR) is 64.6 cm³/mol. The highest BCUT2D eigenvalue weighted by atomic mass is 16.4. The molecular formula is C12H24N2O2. The number of carboxylic acids is 1. The van der Waals surface area contributed by atoms with Crippen LogP contribution >= 0.6 is 0 Å². The zero-order valence-electron chi connectivity index (χ0n) is 10.4. The van der Waals surface area contributed by atoms with Gasteiger partial charge in [-0.15, -0.1) is 0 Å². The number of likely N-dealkylation sites (tertiary alicyclic amines) is 1. The Bertz CT molecular complexity index is 207. The lowest BCUT2D eigenvalue weighted by atomic mass is 9.90. The molecule has 1 aliphatic heterocycles. The van der Waals surface area contributed by atoms with Gasteiger partial charge in [0.05, 0.1) is 6.54 Å². The number of aliphatic carboxylic acids is 1. The first-order valence-corrected chi connectivity index (χ1v) is 6.33. The van der Waals surface area contributed by atoms with Gasteiger partial charge in [0.25, 0.3) is 0 Å². The summed E-state index contributed by atoms with van der Waals surface area (Å²) < 4.78 is 0. The van der Waals surface area contributed by atoms with Crippen LogP contribution in [0.5, 0.6) is 0 Å². The van der Waals surface area contributed by atoms with Crippen molar-refractivity contribution in [3.63, 3.8) is 0 Å². The second kappa shape index (κ2) is 6.86. The third-order valence-corrected chi connectivity index (χ3v) is 3.16. The van der Waals surface area contributed by atoms with Gasteiger partial charge >= 0.3 is 5.97 Å². The van der Waals surface area contributed by atoms with Gasteiger partial charge in [0, 0.05) is 19.1 Å². The van der Waals surface area contributed by atoms with E-state index >= 15 is 0 Å². The number of carboxylic acid groups (broad SMARTS) is 1. The maximum atomic E-state index is 10.7. The van der Waals surface area contributed by atoms with Gasteiger partial charge in [-0.2, -0.15) is 0 Å². The van der Waals surface area contributed by atoms with Gasteiger partial charge in [0.1, 0.15) is 0 Å². The van der Waals surface area contributed by atoms with E-state index in [1.165, 1.54) is 19.3 Å². The van der Waals surface area contributed by atoms with Gasteiger partial charge in [-0.25, -0.2) is 0 Å². The second-order valence-corrected chi connectivity index (χ2v) is 4.73. The topological polar surface area (TPSA) is 52.6 Å². The largest absolute Gasteiger partial charge is 0.480 e. The van der Waals surface area contributed by atoms with Gasteiger partial charge in [-0.3, -0.25) is 9.69 Å². The predicted octanol–water partition coefficient (Wildman–Crippen LogP) is 1.17. The third-order valence-electron chi connectivity index (χ3n) is 3.16. The molecule has 94 valence electrons. The van der Waals surface area contributed by atoms with E-state index in [-0.39, 0.29) is 6.54 Å². The smallest absolute Gasteiger partial charge is 0.317 e. The summed E-state index contributed by atoms with van der Waals surface area (Å²) >= 11 is 0. The normalized spacial score (nSPS) is 26.9. The van der Waals surface area contributed by atoms with E-state index < -0.39 is 5.97 Å². The number of nitrogens with zero attached hydrogens (tertiary/aromatic N) is 1. The lowest BCUT2D eigenvalue weighted by Crippen LogP contribution is -2.50. The number of hydrogen-bond donors (Lipinski definition) is 2. The fourth-order valence-electron chi connectivity index (χ4n) is 2.68. The van der Waals surface area contributed by atoms with Crippen LogP contribution in [0.4, 0.5) is 0 Å². The Hall–Kier alpha value is -0.610. The van der Waals surface area contributed by atoms with Crippen molar-refractivity contribution >= 4 is 5.97 Å². The zero-order valence-corrected chi connectivity index (χ0v) is 10.4. The van der Waals surface area contributed by atoms with Gasteiger partial charge in [0.2, 0.25) is 0 Å². The molecule has 1 heterocycles. The molecule has 0 amide bonds. The molecule has 1 rings (SSSR count). The summed E-state index contributed by atoms with van der Waals surface area (Å²) in [6, 6.07) is 0.467. The highest BCUT2D eigenvalue weighted by Crippen LogP contribution is 2.21. The maximum absolute atomic E-state index is 10.7. The van der Waals surface area contributed by atoms with Crippen molar-refractivity contribution in [2.24, 2.45) is 5.92 Å². The monoisotopic (exact) mass is 228 g/mol. The number of nitrogens with one attached hydrogen (secondary N) is 1. The number of carbonyl (C=O) groups is 1. The molecule has 0 aromatic carbocycles. The van der Waals surface area contributed by atoms with E-state index in [0.29, 0.717) is 12.0 Å². The quantitative estimate of drug-likeness (QED) is 0.716. The molecule has 0 bridgehead atoms. The summed E-state index contributed by atoms with van der Waals surface area (Å²) in [5.41, 5.74) is 0. The third kappa shape index (κ3) is 4.49. The molecule has 0 saturated carbocycles. The molecule has 1 saturated heterocycles. The molecule has 4 heteroatoms. The zero-order chi connectivity index (χ0) is 12.0. The van der Waals surface area contributed by atoms with Crippen molar-refractivity contribution in [1.29, 1.82) is 0 Å². The molecule has 1 fully saturated rings. The Labute approximate surface area is 98.0 Å². The van der Waals surface area contributed by atoms with Gasteiger partial charge in [0.15, 0.2) is 0 Å². The standard InChI is InChI=1S/C12H24N2O2/c1-3-5-10-6-11(13-4-2)8-14(7-10)9-12(15)16/h10-11,13H,3-9H2,1-2H3,(H,15,16). The Morgan fingerprint density at radius 1 is 1.44 bits per heavy atom. The maximum Gasteiger partial charge on any atom is 0.317 e. The molecule has 0 aliphatic carbocycles. The van der Waals surface area contributed by atoms with E-state index in [4.69, 9.17) is 5.11 Å². The van der Waals surface area contributed by atoms with Crippen molar-refractivity contribution in [2.45, 2.75) is 39.2 Å². The first-order valence-electron chi connectivity index (χ1n) is 6.33. The number of hydrogen-bond acceptors (Lipinski definition) is 3. The number of likely N-dealkylation sites (N-methyl/N-ethyl adjacent to an activating group) is 1. The summed E-state index contributed by atoms with van der Waals surface area (Å²) in [5.74, 6) is -0.0606. The summed E-state index contributed by atoms with van der Waals surface area (Å²) in [6.45, 7) is 7.26. The minimum Gasteiger partial charge on any atom is -0.480 e. The fourth-order valence-corrected chi connectivity index (χ4v) is 2.68. The van der Waals surface area contributed by atoms with Crippen LogP contribution in [-0.4, -0.2) is 48.2 Å². The second-order valence-electron chi connectivity index (χ2n) is 4.73. The molecule has 1 aliphatic rings. The summed E-state index contributed by atoms with van der Waals surface area (Å²) in [5, 5.41) is 12.3. The average molecular weight is 228 g/mol. The van der Waals surface area contributed by atoms with Gasteiger partial charge in [-0.05, 0) is 25.3 Å². The number of piperidine rings is 1. The lowest BCUT2D eigenvalue weighted by molar-refractivity contribution is -0.138. The van der Waals surface area contributed by atoms with Crippen LogP contribution in [0.15, 0.2) is 0 Å². The SMILES string of the molecule is CCCC1CC(NCC)CN(CC(=O)O)C1. The number of rotatable bonds is 6. The van der Waals surface area contributed by atoms with Crippen molar-refractivity contribution < 1.29 is 9.90 Å². The van der Waals surface area contributed by atoms with Crippen molar-refractivity contribution in [3.8, 4) is 0 Å². The summed E-state index contributed by atoms with van der Waals surface area (Å²) in [7, 11) is 0. The van der Waals surface area contributed by atoms with Gasteiger partial charge < -0.3 is 10.4 Å². The van der Waals surface area contributed by atoms with Crippen LogP contribution in [0.25, 0.3) is 0 Å². The molecule has 2 atom stereocenters. The first kappa shape index (κ1) is 13.5. The van der Waals surface area contributed by atoms with Crippen LogP contribution in [0, 0.1) is 5.92 Å². The fraction of sp³-hybridized carbons (Fsp3) is 0.917. The van der Waals surface area contributed by atoms with Crippen LogP contribution in [0.1, 0.15) is 33.1 Å². The molecule has 16 heavy (non-hydrogen) atoms. The molecule has 4 nitrogen and oxygen atoms in total. The average Bonchev–Trinajstić information content (AvgIpc) is 2.17. The Balaban J connectivity index is 2.48. The van der Waals surface area contributed by atoms with Crippen LogP contribution in [-0.2, 0) is 4.79 Å². The Morgan fingerprint density at radius 2 is 2.19 bits per heavy atom. The first-order chi connectivity index (χ1) is 7.65. The van der Waals surface area contributed by atoms with Crippen molar-refractivity contribution in [1.82, 2.24) is 10.2 Å². The molecule has 2 unspecified atom stereocenters. The van der Waals surface area contributed by atoms with Crippen LogP contribution in [0.3, 0.4) is 0 Å². The minimum atomic E-state index is -0.715. The van der Waals surface area contributed by atoms with Crippen molar-refractivity contribution in [3.05, 3.63) is 0 Å². The Kier molecular flexibility index (Phi) is 5.77. The summed E-state index contributed by atoms with van der Waals surface area (Å²) in [6.07, 6.45) is 3.58. The molecule has 0 aromatic heterocycles.